The Hall–Kier alpha value is -1.85. The van der Waals surface area contributed by atoms with Crippen molar-refractivity contribution in [3.05, 3.63) is 11.9 Å². The fraction of sp³-hybridized carbons (Fsp3) is 0.643. The SMILES string of the molecule is CCNC(=O)C(C)Nc1cc(NCC)nc(C(C)C)n1. The van der Waals surface area contributed by atoms with Crippen LogP contribution in [0.15, 0.2) is 6.07 Å². The number of likely N-dealkylation sites (N-methyl/N-ethyl adjacent to an activating group) is 1. The van der Waals surface area contributed by atoms with E-state index in [2.05, 4.69) is 25.9 Å². The average Bonchev–Trinajstić information content (AvgIpc) is 2.39. The fourth-order valence-electron chi connectivity index (χ4n) is 1.68. The summed E-state index contributed by atoms with van der Waals surface area (Å²) in [6.07, 6.45) is 0. The molecule has 0 bridgehead atoms. The Morgan fingerprint density at radius 2 is 1.80 bits per heavy atom. The summed E-state index contributed by atoms with van der Waals surface area (Å²) >= 11 is 0. The molecular formula is C14H25N5O. The van der Waals surface area contributed by atoms with Crippen LogP contribution in [0.1, 0.15) is 46.4 Å². The Labute approximate surface area is 120 Å². The third-order valence-electron chi connectivity index (χ3n) is 2.73. The highest BCUT2D eigenvalue weighted by molar-refractivity contribution is 5.83. The molecule has 1 unspecified atom stereocenters. The predicted molar refractivity (Wildman–Crippen MR) is 82.1 cm³/mol. The number of carbonyl (C=O) groups is 1. The van der Waals surface area contributed by atoms with Crippen LogP contribution in [0.4, 0.5) is 11.6 Å². The van der Waals surface area contributed by atoms with E-state index in [0.717, 1.165) is 18.2 Å². The summed E-state index contributed by atoms with van der Waals surface area (Å²) in [4.78, 5) is 20.6. The molecule has 1 aromatic heterocycles. The highest BCUT2D eigenvalue weighted by Crippen LogP contribution is 2.17. The Morgan fingerprint density at radius 1 is 1.15 bits per heavy atom. The summed E-state index contributed by atoms with van der Waals surface area (Å²) < 4.78 is 0. The molecule has 112 valence electrons. The summed E-state index contributed by atoms with van der Waals surface area (Å²) in [6.45, 7) is 11.2. The Morgan fingerprint density at radius 3 is 2.35 bits per heavy atom. The molecule has 1 heterocycles. The molecule has 6 nitrogen and oxygen atoms in total. The lowest BCUT2D eigenvalue weighted by Gasteiger charge is -2.16. The van der Waals surface area contributed by atoms with Gasteiger partial charge in [-0.15, -0.1) is 0 Å². The molecule has 1 rings (SSSR count). The van der Waals surface area contributed by atoms with Gasteiger partial charge in [0.15, 0.2) is 0 Å². The van der Waals surface area contributed by atoms with Gasteiger partial charge < -0.3 is 16.0 Å². The van der Waals surface area contributed by atoms with Crippen molar-refractivity contribution in [1.29, 1.82) is 0 Å². The van der Waals surface area contributed by atoms with Crippen molar-refractivity contribution in [1.82, 2.24) is 15.3 Å². The van der Waals surface area contributed by atoms with E-state index in [1.807, 2.05) is 40.7 Å². The van der Waals surface area contributed by atoms with Gasteiger partial charge in [0, 0.05) is 25.1 Å². The van der Waals surface area contributed by atoms with Crippen LogP contribution < -0.4 is 16.0 Å². The van der Waals surface area contributed by atoms with Crippen LogP contribution in [-0.2, 0) is 4.79 Å². The monoisotopic (exact) mass is 279 g/mol. The van der Waals surface area contributed by atoms with Gasteiger partial charge in [0.1, 0.15) is 23.5 Å². The van der Waals surface area contributed by atoms with Gasteiger partial charge in [-0.05, 0) is 20.8 Å². The summed E-state index contributed by atoms with van der Waals surface area (Å²) in [5.41, 5.74) is 0. The lowest BCUT2D eigenvalue weighted by Crippen LogP contribution is -2.37. The first kappa shape index (κ1) is 16.2. The third kappa shape index (κ3) is 4.68. The number of nitrogens with one attached hydrogen (secondary N) is 3. The van der Waals surface area contributed by atoms with Gasteiger partial charge in [0.2, 0.25) is 5.91 Å². The zero-order valence-corrected chi connectivity index (χ0v) is 12.9. The van der Waals surface area contributed by atoms with E-state index >= 15 is 0 Å². The maximum Gasteiger partial charge on any atom is 0.242 e. The molecule has 6 heteroatoms. The fourth-order valence-corrected chi connectivity index (χ4v) is 1.68. The van der Waals surface area contributed by atoms with Crippen molar-refractivity contribution in [2.45, 2.75) is 46.6 Å². The van der Waals surface area contributed by atoms with Crippen LogP contribution in [0, 0.1) is 0 Å². The average molecular weight is 279 g/mol. The third-order valence-corrected chi connectivity index (χ3v) is 2.73. The number of amides is 1. The van der Waals surface area contributed by atoms with E-state index in [9.17, 15) is 4.79 Å². The minimum Gasteiger partial charge on any atom is -0.370 e. The minimum absolute atomic E-state index is 0.0396. The molecule has 0 fully saturated rings. The summed E-state index contributed by atoms with van der Waals surface area (Å²) in [5.74, 6) is 2.39. The Bertz CT molecular complexity index is 447. The lowest BCUT2D eigenvalue weighted by molar-refractivity contribution is -0.121. The molecule has 0 aliphatic rings. The quantitative estimate of drug-likeness (QED) is 0.711. The normalized spacial score (nSPS) is 12.1. The molecule has 20 heavy (non-hydrogen) atoms. The first-order valence-electron chi connectivity index (χ1n) is 7.15. The second kappa shape index (κ2) is 7.67. The highest BCUT2D eigenvalue weighted by atomic mass is 16.2. The van der Waals surface area contributed by atoms with Gasteiger partial charge in [-0.1, -0.05) is 13.8 Å². The van der Waals surface area contributed by atoms with Gasteiger partial charge in [-0.25, -0.2) is 9.97 Å². The summed E-state index contributed by atoms with van der Waals surface area (Å²) in [7, 11) is 0. The van der Waals surface area contributed by atoms with Gasteiger partial charge in [0.25, 0.3) is 0 Å². The molecular weight excluding hydrogens is 254 g/mol. The molecule has 0 radical (unpaired) electrons. The van der Waals surface area contributed by atoms with E-state index in [1.54, 1.807) is 0 Å². The molecule has 1 atom stereocenters. The van der Waals surface area contributed by atoms with Gasteiger partial charge in [-0.2, -0.15) is 0 Å². The van der Waals surface area contributed by atoms with E-state index in [0.29, 0.717) is 12.4 Å². The molecule has 0 saturated heterocycles. The number of nitrogens with zero attached hydrogens (tertiary/aromatic N) is 2. The second-order valence-corrected chi connectivity index (χ2v) is 4.94. The first-order chi connectivity index (χ1) is 9.47. The maximum atomic E-state index is 11.7. The zero-order valence-electron chi connectivity index (χ0n) is 12.9. The van der Waals surface area contributed by atoms with Crippen LogP contribution in [-0.4, -0.2) is 35.0 Å². The molecule has 1 amide bonds. The van der Waals surface area contributed by atoms with Crippen LogP contribution in [0.25, 0.3) is 0 Å². The maximum absolute atomic E-state index is 11.7. The van der Waals surface area contributed by atoms with Crippen molar-refractivity contribution in [3.8, 4) is 0 Å². The number of aromatic nitrogens is 2. The Kier molecular flexibility index (Phi) is 6.21. The van der Waals surface area contributed by atoms with E-state index in [4.69, 9.17) is 0 Å². The topological polar surface area (TPSA) is 78.9 Å². The predicted octanol–water partition coefficient (Wildman–Crippen LogP) is 1.97. The van der Waals surface area contributed by atoms with Crippen LogP contribution in [0.5, 0.6) is 0 Å². The molecule has 1 aromatic rings. The number of carbonyl (C=O) groups excluding carboxylic acids is 1. The highest BCUT2D eigenvalue weighted by Gasteiger charge is 2.14. The van der Waals surface area contributed by atoms with Crippen molar-refractivity contribution < 1.29 is 4.79 Å². The van der Waals surface area contributed by atoms with Gasteiger partial charge in [0.05, 0.1) is 0 Å². The van der Waals surface area contributed by atoms with Crippen molar-refractivity contribution in [2.75, 3.05) is 23.7 Å². The molecule has 0 spiro atoms. The number of hydrogen-bond acceptors (Lipinski definition) is 5. The number of rotatable bonds is 7. The van der Waals surface area contributed by atoms with Gasteiger partial charge in [-0.3, -0.25) is 4.79 Å². The lowest BCUT2D eigenvalue weighted by atomic mass is 10.2. The molecule has 3 N–H and O–H groups in total. The van der Waals surface area contributed by atoms with E-state index in [-0.39, 0.29) is 17.9 Å². The minimum atomic E-state index is -0.334. The van der Waals surface area contributed by atoms with Crippen molar-refractivity contribution >= 4 is 17.5 Å². The van der Waals surface area contributed by atoms with Crippen molar-refractivity contribution in [2.24, 2.45) is 0 Å². The summed E-state index contributed by atoms with van der Waals surface area (Å²) in [6, 6.07) is 1.49. The van der Waals surface area contributed by atoms with Crippen LogP contribution >= 0.6 is 0 Å². The zero-order chi connectivity index (χ0) is 15.1. The number of anilines is 2. The van der Waals surface area contributed by atoms with Crippen LogP contribution in [0.2, 0.25) is 0 Å². The number of hydrogen-bond donors (Lipinski definition) is 3. The molecule has 0 aliphatic heterocycles. The van der Waals surface area contributed by atoms with E-state index in [1.165, 1.54) is 0 Å². The first-order valence-corrected chi connectivity index (χ1v) is 7.15. The second-order valence-electron chi connectivity index (χ2n) is 4.94. The molecule has 0 aromatic carbocycles. The van der Waals surface area contributed by atoms with Crippen LogP contribution in [0.3, 0.4) is 0 Å². The molecule has 0 aliphatic carbocycles. The largest absolute Gasteiger partial charge is 0.370 e. The smallest absolute Gasteiger partial charge is 0.242 e. The standard InChI is InChI=1S/C14H25N5O/c1-6-15-11-8-12(19-13(18-11)9(3)4)17-10(5)14(20)16-7-2/h8-10H,6-7H2,1-5H3,(H,16,20)(H2,15,17,18,19). The van der Waals surface area contributed by atoms with Crippen molar-refractivity contribution in [3.63, 3.8) is 0 Å². The summed E-state index contributed by atoms with van der Waals surface area (Å²) in [5, 5.41) is 9.08. The Balaban J connectivity index is 2.90. The molecule has 0 saturated carbocycles. The van der Waals surface area contributed by atoms with E-state index < -0.39 is 0 Å². The van der Waals surface area contributed by atoms with Gasteiger partial charge >= 0.3 is 0 Å².